The van der Waals surface area contributed by atoms with E-state index in [1.165, 1.54) is 17.0 Å². The average Bonchev–Trinajstić information content (AvgIpc) is 2.99. The number of amides is 1. The summed E-state index contributed by atoms with van der Waals surface area (Å²) in [5, 5.41) is 0. The summed E-state index contributed by atoms with van der Waals surface area (Å²) in [6.07, 6.45) is -12.6. The molecule has 46 heavy (non-hydrogen) atoms. The normalized spacial score (nSPS) is 24.0. The quantitative estimate of drug-likeness (QED) is 0.286. The van der Waals surface area contributed by atoms with Crippen LogP contribution in [0.4, 0.5) is 39.5 Å². The zero-order valence-electron chi connectivity index (χ0n) is 25.5. The van der Waals surface area contributed by atoms with Gasteiger partial charge in [0, 0.05) is 58.5 Å². The number of alkyl halides is 9. The maximum Gasteiger partial charge on any atom is 0.416 e. The topological polar surface area (TPSA) is 45.3 Å². The molecule has 0 N–H and O–H groups in total. The standard InChI is InChI=1S/C31H36F9N3O3/c1-28(46-3)10-4-5-26(45-2)43(28)14-12-41-11-13-42(25(19-41)15-20-6-8-22(9-7-20)29(32,33)34)27(44)21-16-23(30(35,36)37)18-24(17-21)31(38,39)40/h6-9,16-18,25-26H,4-5,10-15,19H2,1-3H3/t25-,26+,28-/m1/s1. The molecule has 15 heteroatoms. The number of hydrogen-bond acceptors (Lipinski definition) is 5. The smallest absolute Gasteiger partial charge is 0.366 e. The zero-order chi connectivity index (χ0) is 34.1. The molecule has 6 nitrogen and oxygen atoms in total. The lowest BCUT2D eigenvalue weighted by molar-refractivity contribution is -0.218. The van der Waals surface area contributed by atoms with E-state index in [1.807, 2.05) is 11.8 Å². The molecule has 0 aromatic heterocycles. The number of carbonyl (C=O) groups excluding carboxylic acids is 1. The van der Waals surface area contributed by atoms with Crippen LogP contribution in [0.15, 0.2) is 42.5 Å². The van der Waals surface area contributed by atoms with Gasteiger partial charge < -0.3 is 14.4 Å². The van der Waals surface area contributed by atoms with Gasteiger partial charge in [0.15, 0.2) is 0 Å². The maximum atomic E-state index is 13.6. The zero-order valence-corrected chi connectivity index (χ0v) is 25.5. The summed E-state index contributed by atoms with van der Waals surface area (Å²) in [4.78, 5) is 18.9. The second-order valence-corrected chi connectivity index (χ2v) is 11.8. The molecule has 2 aliphatic rings. The Morgan fingerprint density at radius 2 is 1.43 bits per heavy atom. The van der Waals surface area contributed by atoms with Crippen molar-refractivity contribution in [2.45, 2.75) is 69.1 Å². The van der Waals surface area contributed by atoms with E-state index in [0.29, 0.717) is 30.8 Å². The molecule has 2 heterocycles. The van der Waals surface area contributed by atoms with Crippen molar-refractivity contribution >= 4 is 5.91 Å². The number of piperidine rings is 1. The van der Waals surface area contributed by atoms with Crippen LogP contribution in [0.1, 0.15) is 58.8 Å². The predicted octanol–water partition coefficient (Wildman–Crippen LogP) is 6.93. The third-order valence-corrected chi connectivity index (χ3v) is 8.83. The Kier molecular flexibility index (Phi) is 10.7. The van der Waals surface area contributed by atoms with Crippen LogP contribution in [0, 0.1) is 0 Å². The van der Waals surface area contributed by atoms with E-state index in [9.17, 15) is 44.3 Å². The molecule has 0 radical (unpaired) electrons. The monoisotopic (exact) mass is 669 g/mol. The Hall–Kier alpha value is -2.88. The molecule has 256 valence electrons. The van der Waals surface area contributed by atoms with Crippen molar-refractivity contribution < 1.29 is 53.8 Å². The van der Waals surface area contributed by atoms with E-state index >= 15 is 0 Å². The van der Waals surface area contributed by atoms with Gasteiger partial charge in [0.1, 0.15) is 12.0 Å². The molecule has 3 atom stereocenters. The summed E-state index contributed by atoms with van der Waals surface area (Å²) >= 11 is 0. The molecule has 0 spiro atoms. The minimum atomic E-state index is -5.14. The van der Waals surface area contributed by atoms with Gasteiger partial charge in [0.05, 0.1) is 16.7 Å². The summed E-state index contributed by atoms with van der Waals surface area (Å²) in [5.74, 6) is -1.03. The Morgan fingerprint density at radius 1 is 0.848 bits per heavy atom. The number of methoxy groups -OCH3 is 2. The van der Waals surface area contributed by atoms with Crippen LogP contribution >= 0.6 is 0 Å². The van der Waals surface area contributed by atoms with Crippen molar-refractivity contribution in [3.63, 3.8) is 0 Å². The second-order valence-electron chi connectivity index (χ2n) is 11.8. The van der Waals surface area contributed by atoms with Crippen LogP contribution in [0.5, 0.6) is 0 Å². The number of benzene rings is 2. The first kappa shape index (κ1) is 36.0. The number of nitrogens with zero attached hydrogens (tertiary/aromatic N) is 3. The lowest BCUT2D eigenvalue weighted by Gasteiger charge is -2.49. The van der Waals surface area contributed by atoms with Gasteiger partial charge in [-0.3, -0.25) is 9.69 Å². The first-order valence-corrected chi connectivity index (χ1v) is 14.7. The fraction of sp³-hybridized carbons (Fsp3) is 0.581. The van der Waals surface area contributed by atoms with E-state index in [0.717, 1.165) is 31.4 Å². The number of ether oxygens (including phenoxy) is 2. The molecular formula is C31H36F9N3O3. The van der Waals surface area contributed by atoms with Gasteiger partial charge >= 0.3 is 18.5 Å². The first-order chi connectivity index (χ1) is 21.4. The number of piperazine rings is 1. The third-order valence-electron chi connectivity index (χ3n) is 8.83. The summed E-state index contributed by atoms with van der Waals surface area (Å²) in [7, 11) is 3.20. The molecule has 2 fully saturated rings. The molecule has 0 unspecified atom stereocenters. The van der Waals surface area contributed by atoms with Gasteiger partial charge in [-0.15, -0.1) is 0 Å². The molecule has 2 aromatic carbocycles. The molecule has 0 bridgehead atoms. The Balaban J connectivity index is 1.62. The Morgan fingerprint density at radius 3 is 1.96 bits per heavy atom. The van der Waals surface area contributed by atoms with Gasteiger partial charge in [0.25, 0.3) is 5.91 Å². The van der Waals surface area contributed by atoms with Gasteiger partial charge in [-0.2, -0.15) is 39.5 Å². The van der Waals surface area contributed by atoms with Crippen molar-refractivity contribution in [3.8, 4) is 0 Å². The molecule has 4 rings (SSSR count). The van der Waals surface area contributed by atoms with Crippen LogP contribution in [0.2, 0.25) is 0 Å². The minimum Gasteiger partial charge on any atom is -0.366 e. The van der Waals surface area contributed by atoms with Gasteiger partial charge in [-0.1, -0.05) is 12.1 Å². The number of rotatable bonds is 8. The number of halogens is 9. The van der Waals surface area contributed by atoms with E-state index in [4.69, 9.17) is 9.47 Å². The Bertz CT molecular complexity index is 1320. The highest BCUT2D eigenvalue weighted by Gasteiger charge is 2.42. The number of carbonyl (C=O) groups is 1. The maximum absolute atomic E-state index is 13.6. The van der Waals surface area contributed by atoms with Crippen molar-refractivity contribution in [1.82, 2.24) is 14.7 Å². The highest BCUT2D eigenvalue weighted by atomic mass is 19.4. The molecule has 0 aliphatic carbocycles. The fourth-order valence-corrected chi connectivity index (χ4v) is 6.21. The summed E-state index contributed by atoms with van der Waals surface area (Å²) in [6.45, 7) is 3.31. The van der Waals surface area contributed by atoms with E-state index < -0.39 is 58.5 Å². The number of likely N-dealkylation sites (tertiary alicyclic amines) is 1. The number of hydrogen-bond donors (Lipinski definition) is 0. The van der Waals surface area contributed by atoms with Crippen LogP contribution in [0.3, 0.4) is 0 Å². The molecule has 2 aromatic rings. The lowest BCUT2D eigenvalue weighted by Crippen LogP contribution is -2.60. The lowest BCUT2D eigenvalue weighted by atomic mass is 9.97. The predicted molar refractivity (Wildman–Crippen MR) is 150 cm³/mol. The minimum absolute atomic E-state index is 0.0195. The van der Waals surface area contributed by atoms with E-state index in [-0.39, 0.29) is 38.3 Å². The second kappa shape index (κ2) is 13.7. The van der Waals surface area contributed by atoms with Gasteiger partial charge in [-0.05, 0) is 68.5 Å². The van der Waals surface area contributed by atoms with E-state index in [1.54, 1.807) is 14.2 Å². The van der Waals surface area contributed by atoms with Crippen molar-refractivity contribution in [3.05, 3.63) is 70.3 Å². The van der Waals surface area contributed by atoms with Crippen LogP contribution in [-0.4, -0.2) is 85.5 Å². The van der Waals surface area contributed by atoms with Crippen LogP contribution in [0.25, 0.3) is 0 Å². The van der Waals surface area contributed by atoms with Crippen molar-refractivity contribution in [1.29, 1.82) is 0 Å². The van der Waals surface area contributed by atoms with Gasteiger partial charge in [0.2, 0.25) is 0 Å². The van der Waals surface area contributed by atoms with Crippen molar-refractivity contribution in [2.24, 2.45) is 0 Å². The summed E-state index contributed by atoms with van der Waals surface area (Å²) < 4.78 is 132. The average molecular weight is 670 g/mol. The molecular weight excluding hydrogens is 633 g/mol. The highest BCUT2D eigenvalue weighted by molar-refractivity contribution is 5.95. The van der Waals surface area contributed by atoms with Crippen LogP contribution in [-0.2, 0) is 34.4 Å². The fourth-order valence-electron chi connectivity index (χ4n) is 6.21. The van der Waals surface area contributed by atoms with Crippen molar-refractivity contribution in [2.75, 3.05) is 46.9 Å². The summed E-state index contributed by atoms with van der Waals surface area (Å²) in [6, 6.07) is 4.24. The van der Waals surface area contributed by atoms with Gasteiger partial charge in [-0.25, -0.2) is 4.90 Å². The largest absolute Gasteiger partial charge is 0.416 e. The third kappa shape index (κ3) is 8.33. The molecule has 2 aliphatic heterocycles. The molecule has 1 amide bonds. The first-order valence-electron chi connectivity index (χ1n) is 14.7. The molecule has 2 saturated heterocycles. The Labute approximate surface area is 261 Å². The highest BCUT2D eigenvalue weighted by Crippen LogP contribution is 2.37. The SMILES string of the molecule is CO[C@H]1CCC[C@@](C)(OC)N1CCN1CCN(C(=O)c2cc(C(F)(F)F)cc(C(F)(F)F)c2)[C@H](Cc2ccc(C(F)(F)F)cc2)C1. The van der Waals surface area contributed by atoms with Crippen LogP contribution < -0.4 is 0 Å². The van der Waals surface area contributed by atoms with E-state index in [2.05, 4.69) is 4.90 Å². The summed E-state index contributed by atoms with van der Waals surface area (Å²) in [5.41, 5.74) is -5.07. The molecule has 0 saturated carbocycles.